The summed E-state index contributed by atoms with van der Waals surface area (Å²) in [7, 11) is 0. The SMILES string of the molecule is c1ccc2nc(-n3c4ccccc4c4c5c6ccccc6n(-c6nc7ccccc7nc6-c6ccc7sc8ccccc8c7c6)c5ccc43)cnc2c1. The number of rotatable bonds is 3. The second kappa shape index (κ2) is 10.8. The average Bonchev–Trinajstić information content (AvgIpc) is 3.87. The van der Waals surface area contributed by atoms with Crippen LogP contribution in [0.1, 0.15) is 0 Å². The molecule has 0 saturated carbocycles. The number of thiophene rings is 1. The molecular weight excluding hydrogens is 669 g/mol. The maximum Gasteiger partial charge on any atom is 0.165 e. The molecule has 12 rings (SSSR count). The van der Waals surface area contributed by atoms with Crippen LogP contribution >= 0.6 is 11.3 Å². The minimum absolute atomic E-state index is 0.789. The van der Waals surface area contributed by atoms with Crippen molar-refractivity contribution in [1.29, 1.82) is 0 Å². The van der Waals surface area contributed by atoms with Gasteiger partial charge in [-0.3, -0.25) is 14.1 Å². The minimum atomic E-state index is 0.789. The molecule has 7 heteroatoms. The zero-order valence-electron chi connectivity index (χ0n) is 28.1. The van der Waals surface area contributed by atoms with Crippen LogP contribution in [0.4, 0.5) is 0 Å². The van der Waals surface area contributed by atoms with E-state index in [1.807, 2.05) is 60.0 Å². The average molecular weight is 695 g/mol. The Morgan fingerprint density at radius 1 is 0.415 bits per heavy atom. The molecular formula is C46H26N6S. The molecule has 0 aliphatic rings. The molecule has 0 radical (unpaired) electrons. The molecule has 0 spiro atoms. The van der Waals surface area contributed by atoms with Gasteiger partial charge in [-0.15, -0.1) is 11.3 Å². The number of benzene rings is 7. The van der Waals surface area contributed by atoms with E-state index in [1.165, 1.54) is 30.9 Å². The van der Waals surface area contributed by atoms with Crippen molar-refractivity contribution in [2.24, 2.45) is 0 Å². The van der Waals surface area contributed by atoms with Crippen molar-refractivity contribution in [2.75, 3.05) is 0 Å². The number of hydrogen-bond donors (Lipinski definition) is 0. The van der Waals surface area contributed by atoms with Crippen LogP contribution in [-0.2, 0) is 0 Å². The second-order valence-electron chi connectivity index (χ2n) is 13.5. The van der Waals surface area contributed by atoms with Crippen molar-refractivity contribution < 1.29 is 0 Å². The molecule has 0 atom stereocenters. The second-order valence-corrected chi connectivity index (χ2v) is 14.6. The van der Waals surface area contributed by atoms with Crippen LogP contribution in [0.25, 0.3) is 109 Å². The monoisotopic (exact) mass is 694 g/mol. The van der Waals surface area contributed by atoms with Gasteiger partial charge in [0.1, 0.15) is 5.69 Å². The van der Waals surface area contributed by atoms with Gasteiger partial charge in [-0.25, -0.2) is 15.0 Å². The summed E-state index contributed by atoms with van der Waals surface area (Å²) in [4.78, 5) is 20.7. The highest BCUT2D eigenvalue weighted by Crippen LogP contribution is 2.44. The van der Waals surface area contributed by atoms with Crippen molar-refractivity contribution >= 4 is 97.2 Å². The molecule has 0 aliphatic carbocycles. The fraction of sp³-hybridized carbons (Fsp3) is 0. The lowest BCUT2D eigenvalue weighted by atomic mass is 10.1. The van der Waals surface area contributed by atoms with Gasteiger partial charge in [-0.05, 0) is 66.7 Å². The van der Waals surface area contributed by atoms with E-state index in [1.54, 1.807) is 0 Å². The van der Waals surface area contributed by atoms with Crippen LogP contribution in [0.15, 0.2) is 158 Å². The first-order chi connectivity index (χ1) is 26.3. The third-order valence-electron chi connectivity index (χ3n) is 10.6. The molecule has 246 valence electrons. The normalized spacial score (nSPS) is 12.2. The number of fused-ring (bicyclic) bond motifs is 12. The van der Waals surface area contributed by atoms with Crippen molar-refractivity contribution in [3.05, 3.63) is 158 Å². The summed E-state index contributed by atoms with van der Waals surface area (Å²) in [5.41, 5.74) is 9.64. The number of para-hydroxylation sites is 6. The Morgan fingerprint density at radius 3 is 1.74 bits per heavy atom. The summed E-state index contributed by atoms with van der Waals surface area (Å²) >= 11 is 1.82. The maximum atomic E-state index is 5.43. The molecule has 12 aromatic rings. The van der Waals surface area contributed by atoms with Crippen molar-refractivity contribution in [3.8, 4) is 22.9 Å². The van der Waals surface area contributed by atoms with Gasteiger partial charge in [-0.1, -0.05) is 84.9 Å². The Morgan fingerprint density at radius 2 is 0.981 bits per heavy atom. The molecule has 53 heavy (non-hydrogen) atoms. The van der Waals surface area contributed by atoms with Crippen molar-refractivity contribution in [3.63, 3.8) is 0 Å². The summed E-state index contributed by atoms with van der Waals surface area (Å²) in [5.74, 6) is 1.59. The summed E-state index contributed by atoms with van der Waals surface area (Å²) < 4.78 is 7.11. The van der Waals surface area contributed by atoms with Crippen LogP contribution in [-0.4, -0.2) is 29.1 Å². The molecule has 5 aromatic heterocycles. The predicted octanol–water partition coefficient (Wildman–Crippen LogP) is 11.8. The zero-order chi connectivity index (χ0) is 34.6. The number of nitrogens with zero attached hydrogens (tertiary/aromatic N) is 6. The quantitative estimate of drug-likeness (QED) is 0.185. The van der Waals surface area contributed by atoms with Crippen molar-refractivity contribution in [2.45, 2.75) is 0 Å². The third-order valence-corrected chi connectivity index (χ3v) is 11.7. The standard InChI is InChI=1S/C46H26N6S/c1-8-18-36-29(12-1)43-38(51(36)42-26-47-32-14-4-5-15-33(32)48-42)22-23-39-44(43)30-13-2-9-19-37(30)52(39)46-45(49-34-16-6-7-17-35(34)50-46)27-21-24-41-31(25-27)28-11-3-10-20-40(28)53-41/h1-26H. The Kier molecular flexibility index (Phi) is 5.84. The Bertz CT molecular complexity index is 3480. The molecule has 5 heterocycles. The summed E-state index contributed by atoms with van der Waals surface area (Å²) in [6.45, 7) is 0. The van der Waals surface area contributed by atoms with E-state index in [-0.39, 0.29) is 0 Å². The van der Waals surface area contributed by atoms with Gasteiger partial charge in [0, 0.05) is 47.3 Å². The van der Waals surface area contributed by atoms with E-state index in [9.17, 15) is 0 Å². The molecule has 0 aliphatic heterocycles. The van der Waals surface area contributed by atoms with Crippen LogP contribution in [0.3, 0.4) is 0 Å². The van der Waals surface area contributed by atoms with E-state index >= 15 is 0 Å². The molecule has 7 aromatic carbocycles. The summed E-state index contributed by atoms with van der Waals surface area (Å²) in [5, 5.41) is 7.15. The topological polar surface area (TPSA) is 61.4 Å². The Hall–Kier alpha value is -6.96. The fourth-order valence-corrected chi connectivity index (χ4v) is 9.35. The van der Waals surface area contributed by atoms with Crippen LogP contribution in [0, 0.1) is 0 Å². The van der Waals surface area contributed by atoms with Gasteiger partial charge in [0.2, 0.25) is 0 Å². The van der Waals surface area contributed by atoms with Crippen LogP contribution < -0.4 is 0 Å². The summed E-state index contributed by atoms with van der Waals surface area (Å²) in [6.07, 6.45) is 1.88. The van der Waals surface area contributed by atoms with E-state index in [4.69, 9.17) is 19.9 Å². The zero-order valence-corrected chi connectivity index (χ0v) is 28.9. The van der Waals surface area contributed by atoms with Gasteiger partial charge in [-0.2, -0.15) is 0 Å². The van der Waals surface area contributed by atoms with Gasteiger partial charge >= 0.3 is 0 Å². The van der Waals surface area contributed by atoms with Gasteiger partial charge in [0.05, 0.1) is 50.3 Å². The highest BCUT2D eigenvalue weighted by molar-refractivity contribution is 7.25. The van der Waals surface area contributed by atoms with E-state index in [0.29, 0.717) is 0 Å². The highest BCUT2D eigenvalue weighted by atomic mass is 32.1. The first-order valence-corrected chi connectivity index (χ1v) is 18.5. The van der Waals surface area contributed by atoms with Gasteiger partial charge < -0.3 is 0 Å². The smallest absolute Gasteiger partial charge is 0.165 e. The molecule has 0 N–H and O–H groups in total. The minimum Gasteiger partial charge on any atom is -0.292 e. The predicted molar refractivity (Wildman–Crippen MR) is 220 cm³/mol. The van der Waals surface area contributed by atoms with E-state index < -0.39 is 0 Å². The highest BCUT2D eigenvalue weighted by Gasteiger charge is 2.24. The largest absolute Gasteiger partial charge is 0.292 e. The van der Waals surface area contributed by atoms with E-state index in [2.05, 4.69) is 118 Å². The first kappa shape index (κ1) is 28.7. The lowest BCUT2D eigenvalue weighted by Crippen LogP contribution is -2.03. The maximum absolute atomic E-state index is 5.43. The molecule has 0 amide bonds. The molecule has 0 bridgehead atoms. The lowest BCUT2D eigenvalue weighted by molar-refractivity contribution is 1.07. The Labute approximate surface area is 305 Å². The number of aromatic nitrogens is 6. The van der Waals surface area contributed by atoms with Crippen LogP contribution in [0.2, 0.25) is 0 Å². The third kappa shape index (κ3) is 4.08. The van der Waals surface area contributed by atoms with Crippen molar-refractivity contribution in [1.82, 2.24) is 29.1 Å². The molecule has 0 saturated heterocycles. The van der Waals surface area contributed by atoms with E-state index in [0.717, 1.165) is 77.8 Å². The Balaban J connectivity index is 1.20. The first-order valence-electron chi connectivity index (χ1n) is 17.6. The van der Waals surface area contributed by atoms with Gasteiger partial charge in [0.15, 0.2) is 11.6 Å². The van der Waals surface area contributed by atoms with Crippen LogP contribution in [0.5, 0.6) is 0 Å². The lowest BCUT2D eigenvalue weighted by Gasteiger charge is -2.14. The molecule has 0 fully saturated rings. The fourth-order valence-electron chi connectivity index (χ4n) is 8.26. The molecule has 0 unspecified atom stereocenters. The number of hydrogen-bond acceptors (Lipinski definition) is 5. The summed E-state index contributed by atoms with van der Waals surface area (Å²) in [6, 6.07) is 53.3. The molecule has 6 nitrogen and oxygen atoms in total. The van der Waals surface area contributed by atoms with Gasteiger partial charge in [0.25, 0.3) is 0 Å².